The molecule has 2 nitrogen and oxygen atoms in total. The first-order valence-electron chi connectivity index (χ1n) is 7.47. The highest BCUT2D eigenvalue weighted by Gasteiger charge is 2.34. The summed E-state index contributed by atoms with van der Waals surface area (Å²) in [6.07, 6.45) is 7.65. The van der Waals surface area contributed by atoms with Crippen molar-refractivity contribution >= 4 is 11.8 Å². The second kappa shape index (κ2) is 6.15. The highest BCUT2D eigenvalue weighted by molar-refractivity contribution is 7.99. The molecule has 1 aliphatic carbocycles. The molecule has 0 aromatic carbocycles. The summed E-state index contributed by atoms with van der Waals surface area (Å²) in [6.45, 7) is 6.13. The summed E-state index contributed by atoms with van der Waals surface area (Å²) in [4.78, 5) is 0. The van der Waals surface area contributed by atoms with Crippen LogP contribution in [0.4, 0.5) is 0 Å². The fourth-order valence-electron chi connectivity index (χ4n) is 3.45. The molecule has 0 aromatic rings. The molecule has 0 radical (unpaired) electrons. The molecule has 0 amide bonds. The van der Waals surface area contributed by atoms with Crippen LogP contribution in [0.15, 0.2) is 0 Å². The summed E-state index contributed by atoms with van der Waals surface area (Å²) in [5.41, 5.74) is 0.657. The monoisotopic (exact) mass is 271 g/mol. The van der Waals surface area contributed by atoms with Crippen LogP contribution in [0.25, 0.3) is 0 Å². The third kappa shape index (κ3) is 3.88. The fraction of sp³-hybridized carbons (Fsp3) is 1.00. The van der Waals surface area contributed by atoms with Crippen LogP contribution in [0, 0.1) is 10.8 Å². The Balaban J connectivity index is 1.82. The van der Waals surface area contributed by atoms with Gasteiger partial charge in [0.05, 0.1) is 0 Å². The van der Waals surface area contributed by atoms with Gasteiger partial charge in [0.15, 0.2) is 0 Å². The molecule has 2 N–H and O–H groups in total. The van der Waals surface area contributed by atoms with Crippen molar-refractivity contribution in [2.45, 2.75) is 58.4 Å². The molecule has 1 saturated carbocycles. The zero-order chi connectivity index (χ0) is 13.1. The first kappa shape index (κ1) is 14.7. The molecule has 2 aliphatic rings. The number of nitrogens with one attached hydrogen (secondary N) is 1. The van der Waals surface area contributed by atoms with Gasteiger partial charge in [0, 0.05) is 30.4 Å². The van der Waals surface area contributed by atoms with E-state index >= 15 is 0 Å². The molecule has 18 heavy (non-hydrogen) atoms. The lowest BCUT2D eigenvalue weighted by Crippen LogP contribution is -2.47. The van der Waals surface area contributed by atoms with Crippen molar-refractivity contribution in [3.05, 3.63) is 0 Å². The quantitative estimate of drug-likeness (QED) is 0.824. The van der Waals surface area contributed by atoms with Crippen molar-refractivity contribution in [1.82, 2.24) is 5.32 Å². The highest BCUT2D eigenvalue weighted by atomic mass is 32.2. The van der Waals surface area contributed by atoms with Crippen molar-refractivity contribution in [3.63, 3.8) is 0 Å². The van der Waals surface area contributed by atoms with Crippen molar-refractivity contribution in [2.24, 2.45) is 10.8 Å². The third-order valence-electron chi connectivity index (χ3n) is 4.63. The topological polar surface area (TPSA) is 32.3 Å². The van der Waals surface area contributed by atoms with Crippen molar-refractivity contribution in [3.8, 4) is 0 Å². The Morgan fingerprint density at radius 3 is 2.56 bits per heavy atom. The number of hydrogen-bond donors (Lipinski definition) is 2. The number of hydrogen-bond acceptors (Lipinski definition) is 3. The van der Waals surface area contributed by atoms with Gasteiger partial charge in [-0.2, -0.15) is 11.8 Å². The number of thioether (sulfide) groups is 1. The zero-order valence-corrected chi connectivity index (χ0v) is 12.8. The second-order valence-electron chi connectivity index (χ2n) is 7.18. The molecule has 2 fully saturated rings. The Morgan fingerprint density at radius 2 is 1.94 bits per heavy atom. The van der Waals surface area contributed by atoms with Gasteiger partial charge in [0.25, 0.3) is 0 Å². The zero-order valence-electron chi connectivity index (χ0n) is 12.0. The molecule has 1 unspecified atom stereocenters. The molecular weight excluding hydrogens is 242 g/mol. The summed E-state index contributed by atoms with van der Waals surface area (Å²) < 4.78 is 0. The molecule has 1 saturated heterocycles. The molecule has 106 valence electrons. The van der Waals surface area contributed by atoms with E-state index in [1.807, 2.05) is 0 Å². The SMILES string of the molecule is CC1(C)CSCC(NCC2(CO)CCCCC2)C1. The van der Waals surface area contributed by atoms with E-state index < -0.39 is 0 Å². The maximum Gasteiger partial charge on any atom is 0.0499 e. The van der Waals surface area contributed by atoms with Gasteiger partial charge >= 0.3 is 0 Å². The Kier molecular flexibility index (Phi) is 5.01. The minimum atomic E-state index is 0.185. The van der Waals surface area contributed by atoms with E-state index in [1.165, 1.54) is 50.0 Å². The first-order valence-corrected chi connectivity index (χ1v) is 8.63. The Bertz CT molecular complexity index is 261. The predicted octanol–water partition coefficient (Wildman–Crippen LogP) is 3.05. The maximum atomic E-state index is 9.73. The largest absolute Gasteiger partial charge is 0.396 e. The number of aliphatic hydroxyl groups is 1. The van der Waals surface area contributed by atoms with Crippen LogP contribution in [0.5, 0.6) is 0 Å². The second-order valence-corrected chi connectivity index (χ2v) is 8.21. The lowest BCUT2D eigenvalue weighted by atomic mass is 9.74. The molecule has 1 heterocycles. The summed E-state index contributed by atoms with van der Waals surface area (Å²) in [5, 5.41) is 13.5. The fourth-order valence-corrected chi connectivity index (χ4v) is 4.76. The van der Waals surface area contributed by atoms with Gasteiger partial charge in [-0.15, -0.1) is 0 Å². The van der Waals surface area contributed by atoms with E-state index in [2.05, 4.69) is 30.9 Å². The van der Waals surface area contributed by atoms with Gasteiger partial charge in [0.1, 0.15) is 0 Å². The Labute approximate surface area is 116 Å². The summed E-state index contributed by atoms with van der Waals surface area (Å²) >= 11 is 2.08. The number of rotatable bonds is 4. The van der Waals surface area contributed by atoms with Gasteiger partial charge in [-0.05, 0) is 30.4 Å². The van der Waals surface area contributed by atoms with E-state index in [-0.39, 0.29) is 5.41 Å². The van der Waals surface area contributed by atoms with Crippen LogP contribution in [0.1, 0.15) is 52.4 Å². The van der Waals surface area contributed by atoms with E-state index in [4.69, 9.17) is 0 Å². The maximum absolute atomic E-state index is 9.73. The summed E-state index contributed by atoms with van der Waals surface area (Å²) in [5.74, 6) is 2.53. The smallest absolute Gasteiger partial charge is 0.0499 e. The third-order valence-corrected chi connectivity index (χ3v) is 6.25. The minimum absolute atomic E-state index is 0.185. The molecule has 3 heteroatoms. The van der Waals surface area contributed by atoms with Crippen molar-refractivity contribution in [1.29, 1.82) is 0 Å². The average molecular weight is 271 g/mol. The molecule has 0 bridgehead atoms. The van der Waals surface area contributed by atoms with E-state index in [0.29, 0.717) is 18.1 Å². The normalized spacial score (nSPS) is 31.2. The minimum Gasteiger partial charge on any atom is -0.396 e. The van der Waals surface area contributed by atoms with Crippen LogP contribution < -0.4 is 5.32 Å². The van der Waals surface area contributed by atoms with Gasteiger partial charge in [-0.25, -0.2) is 0 Å². The number of aliphatic hydroxyl groups excluding tert-OH is 1. The van der Waals surface area contributed by atoms with E-state index in [0.717, 1.165) is 6.54 Å². The molecule has 0 aromatic heterocycles. The molecule has 0 spiro atoms. The van der Waals surface area contributed by atoms with Crippen LogP contribution in [0.2, 0.25) is 0 Å². The Hall–Kier alpha value is 0.270. The molecular formula is C15H29NOS. The standard InChI is InChI=1S/C15H29NOS/c1-14(2)8-13(9-18-12-14)16-10-15(11-17)6-4-3-5-7-15/h13,16-17H,3-12H2,1-2H3. The van der Waals surface area contributed by atoms with Gasteiger partial charge in [0.2, 0.25) is 0 Å². The molecule has 1 atom stereocenters. The van der Waals surface area contributed by atoms with Crippen molar-refractivity contribution < 1.29 is 5.11 Å². The van der Waals surface area contributed by atoms with Gasteiger partial charge < -0.3 is 10.4 Å². The van der Waals surface area contributed by atoms with Gasteiger partial charge in [-0.3, -0.25) is 0 Å². The lowest BCUT2D eigenvalue weighted by Gasteiger charge is -2.40. The Morgan fingerprint density at radius 1 is 1.22 bits per heavy atom. The predicted molar refractivity (Wildman–Crippen MR) is 80.1 cm³/mol. The van der Waals surface area contributed by atoms with Crippen LogP contribution >= 0.6 is 11.8 Å². The first-order chi connectivity index (χ1) is 8.55. The van der Waals surface area contributed by atoms with Crippen molar-refractivity contribution in [2.75, 3.05) is 24.7 Å². The van der Waals surface area contributed by atoms with E-state index in [9.17, 15) is 5.11 Å². The lowest BCUT2D eigenvalue weighted by molar-refractivity contribution is 0.0772. The summed E-state index contributed by atoms with van der Waals surface area (Å²) in [6, 6.07) is 0.643. The van der Waals surface area contributed by atoms with Crippen LogP contribution in [-0.2, 0) is 0 Å². The van der Waals surface area contributed by atoms with Crippen LogP contribution in [-0.4, -0.2) is 35.8 Å². The van der Waals surface area contributed by atoms with E-state index in [1.54, 1.807) is 0 Å². The van der Waals surface area contributed by atoms with Crippen LogP contribution in [0.3, 0.4) is 0 Å². The molecule has 2 rings (SSSR count). The molecule has 1 aliphatic heterocycles. The average Bonchev–Trinajstić information content (AvgIpc) is 2.36. The summed E-state index contributed by atoms with van der Waals surface area (Å²) in [7, 11) is 0. The van der Waals surface area contributed by atoms with Gasteiger partial charge in [-0.1, -0.05) is 33.1 Å². The highest BCUT2D eigenvalue weighted by Crippen LogP contribution is 2.37.